The molecular formula is C19H22BNO4. The van der Waals surface area contributed by atoms with Gasteiger partial charge in [-0.3, -0.25) is 4.98 Å². The zero-order chi connectivity index (χ0) is 18.4. The van der Waals surface area contributed by atoms with Crippen LogP contribution in [0.3, 0.4) is 0 Å². The van der Waals surface area contributed by atoms with Crippen LogP contribution < -0.4 is 5.46 Å². The molecule has 3 rings (SSSR count). The molecule has 25 heavy (non-hydrogen) atoms. The maximum absolute atomic E-state index is 10.9. The van der Waals surface area contributed by atoms with Crippen LogP contribution in [-0.4, -0.2) is 34.4 Å². The lowest BCUT2D eigenvalue weighted by Gasteiger charge is -2.32. The largest absolute Gasteiger partial charge is 0.494 e. The minimum atomic E-state index is -0.969. The second-order valence-corrected chi connectivity index (χ2v) is 7.43. The molecule has 1 saturated heterocycles. The highest BCUT2D eigenvalue weighted by Gasteiger charge is 2.51. The number of carbonyl (C=O) groups is 1. The molecule has 0 spiro atoms. The Hall–Kier alpha value is -2.18. The van der Waals surface area contributed by atoms with E-state index in [1.54, 1.807) is 13.1 Å². The summed E-state index contributed by atoms with van der Waals surface area (Å²) in [7, 11) is -0.436. The monoisotopic (exact) mass is 339 g/mol. The quantitative estimate of drug-likeness (QED) is 0.688. The van der Waals surface area contributed by atoms with Gasteiger partial charge in [-0.2, -0.15) is 0 Å². The van der Waals surface area contributed by atoms with E-state index in [0.29, 0.717) is 5.57 Å². The molecule has 0 amide bonds. The van der Waals surface area contributed by atoms with Crippen molar-refractivity contribution in [2.45, 2.75) is 45.8 Å². The number of carboxylic acid groups (broad SMARTS) is 1. The lowest BCUT2D eigenvalue weighted by atomic mass is 9.78. The number of benzene rings is 1. The third-order valence-corrected chi connectivity index (χ3v) is 5.03. The summed E-state index contributed by atoms with van der Waals surface area (Å²) >= 11 is 0. The normalized spacial score (nSPS) is 19.4. The van der Waals surface area contributed by atoms with Crippen molar-refractivity contribution in [1.82, 2.24) is 4.98 Å². The second kappa shape index (κ2) is 5.97. The van der Waals surface area contributed by atoms with Gasteiger partial charge in [0.05, 0.1) is 16.7 Å². The fourth-order valence-electron chi connectivity index (χ4n) is 2.76. The first-order chi connectivity index (χ1) is 11.6. The van der Waals surface area contributed by atoms with Gasteiger partial charge in [-0.1, -0.05) is 12.1 Å². The highest BCUT2D eigenvalue weighted by molar-refractivity contribution is 6.62. The first-order valence-corrected chi connectivity index (χ1v) is 8.26. The maximum Gasteiger partial charge on any atom is 0.494 e. The van der Waals surface area contributed by atoms with Gasteiger partial charge in [0.2, 0.25) is 0 Å². The van der Waals surface area contributed by atoms with Crippen molar-refractivity contribution in [3.63, 3.8) is 0 Å². The zero-order valence-corrected chi connectivity index (χ0v) is 15.2. The Morgan fingerprint density at radius 1 is 1.16 bits per heavy atom. The number of carboxylic acids is 1. The number of pyridine rings is 1. The van der Waals surface area contributed by atoms with E-state index in [1.807, 2.05) is 52.0 Å². The number of hydrogen-bond donors (Lipinski definition) is 1. The highest BCUT2D eigenvalue weighted by atomic mass is 16.7. The lowest BCUT2D eigenvalue weighted by molar-refractivity contribution is -0.131. The number of nitrogens with zero attached hydrogens (tertiary/aromatic N) is 1. The molecule has 0 radical (unpaired) electrons. The van der Waals surface area contributed by atoms with E-state index in [0.717, 1.165) is 21.9 Å². The van der Waals surface area contributed by atoms with Gasteiger partial charge >= 0.3 is 13.1 Å². The summed E-state index contributed by atoms with van der Waals surface area (Å²) in [5, 5.41) is 9.83. The van der Waals surface area contributed by atoms with Gasteiger partial charge in [0.25, 0.3) is 0 Å². The van der Waals surface area contributed by atoms with Crippen molar-refractivity contribution >= 4 is 35.0 Å². The molecule has 2 heterocycles. The first-order valence-electron chi connectivity index (χ1n) is 8.26. The lowest BCUT2D eigenvalue weighted by Crippen LogP contribution is -2.41. The Bertz CT molecular complexity index is 857. The summed E-state index contributed by atoms with van der Waals surface area (Å²) in [4.78, 5) is 15.3. The molecular weight excluding hydrogens is 317 g/mol. The van der Waals surface area contributed by atoms with Crippen molar-refractivity contribution < 1.29 is 19.2 Å². The molecule has 0 unspecified atom stereocenters. The fourth-order valence-corrected chi connectivity index (χ4v) is 2.76. The van der Waals surface area contributed by atoms with Crippen molar-refractivity contribution in [3.8, 4) is 0 Å². The molecule has 0 bridgehead atoms. The van der Waals surface area contributed by atoms with Crippen LogP contribution in [0.5, 0.6) is 0 Å². The summed E-state index contributed by atoms with van der Waals surface area (Å²) in [6.07, 6.45) is 2.87. The molecule has 2 aromatic rings. The number of hydrogen-bond acceptors (Lipinski definition) is 4. The van der Waals surface area contributed by atoms with Crippen LogP contribution in [0.2, 0.25) is 0 Å². The number of aromatic nitrogens is 1. The summed E-state index contributed by atoms with van der Waals surface area (Å²) < 4.78 is 12.2. The number of aliphatic carboxylic acids is 1. The van der Waals surface area contributed by atoms with Gasteiger partial charge in [0.15, 0.2) is 0 Å². The highest BCUT2D eigenvalue weighted by Crippen LogP contribution is 2.36. The van der Waals surface area contributed by atoms with E-state index in [2.05, 4.69) is 4.98 Å². The van der Waals surface area contributed by atoms with E-state index in [4.69, 9.17) is 14.4 Å². The van der Waals surface area contributed by atoms with Crippen LogP contribution in [0.15, 0.2) is 36.5 Å². The second-order valence-electron chi connectivity index (χ2n) is 7.43. The molecule has 1 aromatic carbocycles. The molecule has 6 heteroatoms. The number of fused-ring (bicyclic) bond motifs is 1. The minimum absolute atomic E-state index is 0.395. The molecule has 0 saturated carbocycles. The molecule has 1 fully saturated rings. The van der Waals surface area contributed by atoms with Crippen molar-refractivity contribution in [2.24, 2.45) is 0 Å². The summed E-state index contributed by atoms with van der Waals surface area (Å²) in [5.41, 5.74) is 2.40. The standard InChI is InChI=1S/C19H22BNO4/c1-12(8-17(22)23)14-9-13-10-15(6-7-16(13)21-11-14)20-24-18(2,3)19(4,5)25-20/h6-11H,1-5H3,(H,22,23)/b12-8+. The molecule has 1 N–H and O–H groups in total. The predicted octanol–water partition coefficient (Wildman–Crippen LogP) is 3.02. The summed E-state index contributed by atoms with van der Waals surface area (Å²) in [5.74, 6) is -0.969. The van der Waals surface area contributed by atoms with Crippen LogP contribution in [0.1, 0.15) is 40.2 Å². The van der Waals surface area contributed by atoms with Gasteiger partial charge in [-0.05, 0) is 63.4 Å². The third kappa shape index (κ3) is 3.32. The average Bonchev–Trinajstić information content (AvgIpc) is 2.73. The third-order valence-electron chi connectivity index (χ3n) is 5.03. The molecule has 1 aromatic heterocycles. The molecule has 5 nitrogen and oxygen atoms in total. The maximum atomic E-state index is 10.9. The van der Waals surface area contributed by atoms with Gasteiger partial charge in [0, 0.05) is 17.7 Å². The summed E-state index contributed by atoms with van der Waals surface area (Å²) in [6.45, 7) is 9.85. The van der Waals surface area contributed by atoms with E-state index >= 15 is 0 Å². The number of rotatable bonds is 3. The SMILES string of the molecule is C/C(=C\C(=O)O)c1cnc2ccc(B3OC(C)(C)C(C)(C)O3)cc2c1. The van der Waals surface area contributed by atoms with Crippen LogP contribution in [0.4, 0.5) is 0 Å². The summed E-state index contributed by atoms with van der Waals surface area (Å²) in [6, 6.07) is 7.81. The Balaban J connectivity index is 1.98. The Morgan fingerprint density at radius 2 is 1.80 bits per heavy atom. The van der Waals surface area contributed by atoms with Crippen molar-refractivity contribution in [3.05, 3.63) is 42.1 Å². The molecule has 0 aliphatic carbocycles. The zero-order valence-electron chi connectivity index (χ0n) is 15.2. The Labute approximate surface area is 147 Å². The fraction of sp³-hybridized carbons (Fsp3) is 0.368. The molecule has 0 atom stereocenters. The minimum Gasteiger partial charge on any atom is -0.478 e. The van der Waals surface area contributed by atoms with Crippen LogP contribution >= 0.6 is 0 Å². The predicted molar refractivity (Wildman–Crippen MR) is 98.7 cm³/mol. The Kier molecular flexibility index (Phi) is 4.21. The molecule has 1 aliphatic heterocycles. The van der Waals surface area contributed by atoms with E-state index < -0.39 is 24.3 Å². The smallest absolute Gasteiger partial charge is 0.478 e. The first kappa shape index (κ1) is 17.6. The van der Waals surface area contributed by atoms with E-state index in [1.165, 1.54) is 6.08 Å². The van der Waals surface area contributed by atoms with Crippen LogP contribution in [0.25, 0.3) is 16.5 Å². The number of allylic oxidation sites excluding steroid dienone is 1. The van der Waals surface area contributed by atoms with Crippen molar-refractivity contribution in [2.75, 3.05) is 0 Å². The topological polar surface area (TPSA) is 68.7 Å². The van der Waals surface area contributed by atoms with E-state index in [9.17, 15) is 4.79 Å². The Morgan fingerprint density at radius 3 is 2.40 bits per heavy atom. The van der Waals surface area contributed by atoms with Gasteiger partial charge in [-0.25, -0.2) is 4.79 Å². The van der Waals surface area contributed by atoms with Gasteiger partial charge in [-0.15, -0.1) is 0 Å². The van der Waals surface area contributed by atoms with Gasteiger partial charge < -0.3 is 14.4 Å². The molecule has 1 aliphatic rings. The van der Waals surface area contributed by atoms with Gasteiger partial charge in [0.1, 0.15) is 0 Å². The van der Waals surface area contributed by atoms with E-state index in [-0.39, 0.29) is 0 Å². The van der Waals surface area contributed by atoms with Crippen LogP contribution in [0, 0.1) is 0 Å². The van der Waals surface area contributed by atoms with Crippen LogP contribution in [-0.2, 0) is 14.1 Å². The van der Waals surface area contributed by atoms with Crippen molar-refractivity contribution in [1.29, 1.82) is 0 Å². The molecule has 130 valence electrons. The average molecular weight is 339 g/mol.